The predicted molar refractivity (Wildman–Crippen MR) is 168 cm³/mol. The number of benzene rings is 4. The molecule has 4 aromatic rings. The van der Waals surface area contributed by atoms with E-state index in [4.69, 9.17) is 0 Å². The number of nitrogens with zero attached hydrogens (tertiary/aromatic N) is 2. The summed E-state index contributed by atoms with van der Waals surface area (Å²) < 4.78 is 0. The first-order valence-corrected chi connectivity index (χ1v) is 15.1. The molecular formula is C38H40N2. The molecule has 0 aromatic heterocycles. The zero-order chi connectivity index (χ0) is 27.4. The van der Waals surface area contributed by atoms with E-state index in [0.717, 1.165) is 0 Å². The van der Waals surface area contributed by atoms with Crippen LogP contribution < -0.4 is 9.80 Å². The van der Waals surface area contributed by atoms with Gasteiger partial charge in [-0.05, 0) is 86.4 Å². The third kappa shape index (κ3) is 3.48. The fourth-order valence-corrected chi connectivity index (χ4v) is 8.40. The first-order chi connectivity index (χ1) is 19.5. The van der Waals surface area contributed by atoms with Crippen molar-refractivity contribution in [3.8, 4) is 0 Å². The molecule has 0 bridgehead atoms. The number of rotatable bonds is 4. The van der Waals surface area contributed by atoms with Crippen molar-refractivity contribution < 1.29 is 0 Å². The molecule has 2 atom stereocenters. The first-order valence-electron chi connectivity index (χ1n) is 15.1. The van der Waals surface area contributed by atoms with Gasteiger partial charge in [0.25, 0.3) is 0 Å². The Kier molecular flexibility index (Phi) is 6.11. The molecule has 1 saturated carbocycles. The van der Waals surface area contributed by atoms with E-state index in [2.05, 4.69) is 135 Å². The van der Waals surface area contributed by atoms with Gasteiger partial charge in [0.05, 0.1) is 11.1 Å². The van der Waals surface area contributed by atoms with E-state index >= 15 is 0 Å². The molecule has 4 aromatic carbocycles. The van der Waals surface area contributed by atoms with Crippen LogP contribution in [0.15, 0.2) is 108 Å². The lowest BCUT2D eigenvalue weighted by molar-refractivity contribution is 0.271. The average molecular weight is 525 g/mol. The summed E-state index contributed by atoms with van der Waals surface area (Å²) in [6, 6.07) is 36.5. The summed E-state index contributed by atoms with van der Waals surface area (Å²) in [6.07, 6.45) is 6.59. The second kappa shape index (κ2) is 9.70. The van der Waals surface area contributed by atoms with Gasteiger partial charge in [0.2, 0.25) is 0 Å². The van der Waals surface area contributed by atoms with E-state index in [1.54, 1.807) is 0 Å². The summed E-state index contributed by atoms with van der Waals surface area (Å²) in [6.45, 7) is 9.24. The minimum Gasteiger partial charge on any atom is -0.318 e. The largest absolute Gasteiger partial charge is 0.318 e. The van der Waals surface area contributed by atoms with Crippen LogP contribution in [0.4, 0.5) is 11.4 Å². The van der Waals surface area contributed by atoms with Gasteiger partial charge in [-0.25, -0.2) is 0 Å². The highest BCUT2D eigenvalue weighted by Crippen LogP contribution is 2.65. The molecule has 40 heavy (non-hydrogen) atoms. The Morgan fingerprint density at radius 3 is 1.88 bits per heavy atom. The maximum Gasteiger partial charge on any atom is 0.137 e. The van der Waals surface area contributed by atoms with Crippen molar-refractivity contribution in [2.24, 2.45) is 5.92 Å². The van der Waals surface area contributed by atoms with Gasteiger partial charge in [0, 0.05) is 22.6 Å². The van der Waals surface area contributed by atoms with Crippen LogP contribution in [0.3, 0.4) is 0 Å². The fourth-order valence-electron chi connectivity index (χ4n) is 8.40. The molecule has 3 aliphatic rings. The molecule has 7 rings (SSSR count). The van der Waals surface area contributed by atoms with Crippen molar-refractivity contribution in [2.75, 3.05) is 9.80 Å². The highest BCUT2D eigenvalue weighted by atomic mass is 15.4. The van der Waals surface area contributed by atoms with Gasteiger partial charge in [-0.15, -0.1) is 0 Å². The minimum absolute atomic E-state index is 0.0626. The highest BCUT2D eigenvalue weighted by Gasteiger charge is 2.59. The van der Waals surface area contributed by atoms with Crippen LogP contribution in [0.2, 0.25) is 0 Å². The maximum atomic E-state index is 2.74. The van der Waals surface area contributed by atoms with Gasteiger partial charge in [-0.1, -0.05) is 104 Å². The molecule has 202 valence electrons. The van der Waals surface area contributed by atoms with E-state index in [1.807, 2.05) is 0 Å². The Balaban J connectivity index is 1.60. The number of allylic oxidation sites excluding steroid dienone is 2. The minimum atomic E-state index is -0.172. The van der Waals surface area contributed by atoms with Gasteiger partial charge in [0.15, 0.2) is 0 Å². The molecule has 0 radical (unpaired) electrons. The van der Waals surface area contributed by atoms with Crippen molar-refractivity contribution in [2.45, 2.75) is 71.4 Å². The summed E-state index contributed by atoms with van der Waals surface area (Å²) in [5.41, 5.74) is 13.7. The first kappa shape index (κ1) is 25.2. The lowest BCUT2D eigenvalue weighted by atomic mass is 9.60. The zero-order valence-corrected chi connectivity index (χ0v) is 24.3. The monoisotopic (exact) mass is 524 g/mol. The molecule has 0 N–H and O–H groups in total. The molecule has 2 aliphatic heterocycles. The summed E-state index contributed by atoms with van der Waals surface area (Å²) in [5, 5.41) is 0. The molecule has 0 saturated heterocycles. The molecule has 2 nitrogen and oxygen atoms in total. The fraction of sp³-hybridized carbons (Fsp3) is 0.316. The van der Waals surface area contributed by atoms with Crippen molar-refractivity contribution in [3.05, 3.63) is 142 Å². The standard InChI is InChI=1S/C38H40N2/c1-26-16-11-13-24-33(26)39-29(4)36-38(30-19-7-5-8-20-30,31-21-9-6-10-22-31)32-23-12-14-25-34(32)40(36)37(39)35-27(2)17-15-18-28(35)3/h5,7-8,11-20,23-25,31,37H,6,9-10,21-22H2,1-4H3. The number of anilines is 2. The number of hydrogen-bond donors (Lipinski definition) is 0. The summed E-state index contributed by atoms with van der Waals surface area (Å²) in [7, 11) is 0. The topological polar surface area (TPSA) is 6.48 Å². The molecule has 2 unspecified atom stereocenters. The van der Waals surface area contributed by atoms with E-state index in [0.29, 0.717) is 5.92 Å². The summed E-state index contributed by atoms with van der Waals surface area (Å²) in [5.74, 6) is 0.565. The van der Waals surface area contributed by atoms with E-state index in [9.17, 15) is 0 Å². The van der Waals surface area contributed by atoms with E-state index < -0.39 is 0 Å². The van der Waals surface area contributed by atoms with Crippen LogP contribution in [0.1, 0.15) is 78.6 Å². The Morgan fingerprint density at radius 2 is 1.18 bits per heavy atom. The summed E-state index contributed by atoms with van der Waals surface area (Å²) in [4.78, 5) is 5.41. The second-order valence-electron chi connectivity index (χ2n) is 12.2. The number of hydrogen-bond acceptors (Lipinski definition) is 2. The number of para-hydroxylation sites is 2. The van der Waals surface area contributed by atoms with Crippen LogP contribution in [0, 0.1) is 26.7 Å². The summed E-state index contributed by atoms with van der Waals surface area (Å²) >= 11 is 0. The second-order valence-corrected chi connectivity index (χ2v) is 12.2. The Morgan fingerprint density at radius 1 is 0.575 bits per heavy atom. The maximum absolute atomic E-state index is 2.74. The molecule has 2 heterocycles. The van der Waals surface area contributed by atoms with E-state index in [1.165, 1.54) is 88.3 Å². The Labute approximate surface area is 240 Å². The van der Waals surface area contributed by atoms with Crippen LogP contribution in [0.5, 0.6) is 0 Å². The van der Waals surface area contributed by atoms with Gasteiger partial charge in [-0.3, -0.25) is 0 Å². The van der Waals surface area contributed by atoms with Crippen molar-refractivity contribution in [1.82, 2.24) is 0 Å². The predicted octanol–water partition coefficient (Wildman–Crippen LogP) is 9.75. The van der Waals surface area contributed by atoms with Gasteiger partial charge >= 0.3 is 0 Å². The highest BCUT2D eigenvalue weighted by molar-refractivity contribution is 5.82. The van der Waals surface area contributed by atoms with Gasteiger partial charge in [0.1, 0.15) is 6.17 Å². The van der Waals surface area contributed by atoms with Crippen molar-refractivity contribution in [1.29, 1.82) is 0 Å². The Bertz CT molecular complexity index is 1570. The number of fused-ring (bicyclic) bond motifs is 3. The lowest BCUT2D eigenvalue weighted by Gasteiger charge is -2.42. The van der Waals surface area contributed by atoms with Gasteiger partial charge in [-0.2, -0.15) is 0 Å². The van der Waals surface area contributed by atoms with Crippen LogP contribution in [-0.2, 0) is 5.41 Å². The SMILES string of the molecule is CC1=C2N(c3ccccc3C2(c2ccccc2)C2CCCCC2)C(c2c(C)cccc2C)N1c1ccccc1C. The van der Waals surface area contributed by atoms with Crippen LogP contribution >= 0.6 is 0 Å². The third-order valence-corrected chi connectivity index (χ3v) is 10.0. The van der Waals surface area contributed by atoms with Gasteiger partial charge < -0.3 is 9.80 Å². The van der Waals surface area contributed by atoms with Crippen LogP contribution in [-0.4, -0.2) is 0 Å². The van der Waals surface area contributed by atoms with Crippen molar-refractivity contribution in [3.63, 3.8) is 0 Å². The molecule has 0 amide bonds. The zero-order valence-electron chi connectivity index (χ0n) is 24.3. The van der Waals surface area contributed by atoms with Crippen LogP contribution in [0.25, 0.3) is 0 Å². The Hall–Kier alpha value is -3.78. The quantitative estimate of drug-likeness (QED) is 0.262. The molecule has 2 heteroatoms. The average Bonchev–Trinajstić information content (AvgIpc) is 3.45. The lowest BCUT2D eigenvalue weighted by Crippen LogP contribution is -2.40. The molecule has 0 spiro atoms. The van der Waals surface area contributed by atoms with E-state index in [-0.39, 0.29) is 11.6 Å². The molecule has 1 fully saturated rings. The molecule has 1 aliphatic carbocycles. The third-order valence-electron chi connectivity index (χ3n) is 10.0. The number of aryl methyl sites for hydroxylation is 3. The molecular weight excluding hydrogens is 484 g/mol. The normalized spacial score (nSPS) is 22.6. The van der Waals surface area contributed by atoms with Crippen molar-refractivity contribution >= 4 is 11.4 Å². The smallest absolute Gasteiger partial charge is 0.137 e.